The topological polar surface area (TPSA) is 115 Å². The SMILES string of the molecule is C=CCn1c(=O)c(C=NC(=C)Nc2ccc(N3CC(F)(F)C3)cc2)c(N)n1-c1cccc(-n2ccccc2=O)n1. The third-order valence-electron chi connectivity index (χ3n) is 6.23. The second-order valence-corrected chi connectivity index (χ2v) is 9.14. The van der Waals surface area contributed by atoms with Crippen LogP contribution < -0.4 is 27.1 Å². The number of nitrogens with two attached hydrogens (primary N) is 1. The molecular weight excluding hydrogens is 518 g/mol. The number of halogens is 2. The number of nitrogens with one attached hydrogen (secondary N) is 1. The molecule has 1 aliphatic rings. The maximum absolute atomic E-state index is 13.3. The standard InChI is InChI=1S/C28H26F2N8O2/c1-3-14-37-27(40)22(16-32-19(2)33-20-10-12-21(13-11-20)35-17-28(29,30)18-35)26(31)38(37)24-8-6-7-23(34-24)36-15-5-4-9-25(36)39/h3-13,15-16,33H,1-2,14,17-18,31H2. The van der Waals surface area contributed by atoms with E-state index in [1.54, 1.807) is 71.8 Å². The lowest BCUT2D eigenvalue weighted by Gasteiger charge is -2.40. The second-order valence-electron chi connectivity index (χ2n) is 9.14. The largest absolute Gasteiger partial charge is 0.383 e. The van der Waals surface area contributed by atoms with Crippen molar-refractivity contribution in [2.75, 3.05) is 29.0 Å². The van der Waals surface area contributed by atoms with Gasteiger partial charge in [-0.15, -0.1) is 6.58 Å². The number of nitrogens with zero attached hydrogens (tertiary/aromatic N) is 6. The third kappa shape index (κ3) is 5.19. The van der Waals surface area contributed by atoms with E-state index in [1.807, 2.05) is 0 Å². The van der Waals surface area contributed by atoms with Crippen LogP contribution in [0.4, 0.5) is 26.0 Å². The average molecular weight is 545 g/mol. The number of aromatic nitrogens is 4. The summed E-state index contributed by atoms with van der Waals surface area (Å²) in [5, 5.41) is 3.00. The number of alkyl halides is 2. The van der Waals surface area contributed by atoms with E-state index in [0.29, 0.717) is 23.0 Å². The van der Waals surface area contributed by atoms with Gasteiger partial charge in [-0.25, -0.2) is 28.1 Å². The smallest absolute Gasteiger partial charge is 0.282 e. The molecule has 4 aromatic rings. The van der Waals surface area contributed by atoms with E-state index in [1.165, 1.54) is 26.2 Å². The molecule has 12 heteroatoms. The molecule has 0 bridgehead atoms. The van der Waals surface area contributed by atoms with Gasteiger partial charge in [0, 0.05) is 29.9 Å². The highest BCUT2D eigenvalue weighted by atomic mass is 19.3. The zero-order chi connectivity index (χ0) is 28.4. The first-order chi connectivity index (χ1) is 19.2. The summed E-state index contributed by atoms with van der Waals surface area (Å²) in [6.45, 7) is 7.14. The van der Waals surface area contributed by atoms with Crippen molar-refractivity contribution in [3.63, 3.8) is 0 Å². The molecule has 3 N–H and O–H groups in total. The predicted molar refractivity (Wildman–Crippen MR) is 152 cm³/mol. The van der Waals surface area contributed by atoms with Crippen LogP contribution in [0, 0.1) is 0 Å². The van der Waals surface area contributed by atoms with Gasteiger partial charge >= 0.3 is 0 Å². The fraction of sp³-hybridized carbons (Fsp3) is 0.143. The van der Waals surface area contributed by atoms with Crippen LogP contribution in [-0.2, 0) is 6.54 Å². The van der Waals surface area contributed by atoms with Crippen molar-refractivity contribution in [1.82, 2.24) is 18.9 Å². The molecule has 10 nitrogen and oxygen atoms in total. The van der Waals surface area contributed by atoms with Gasteiger partial charge in [-0.3, -0.25) is 14.2 Å². The van der Waals surface area contributed by atoms with Gasteiger partial charge in [-0.2, -0.15) is 0 Å². The van der Waals surface area contributed by atoms with E-state index in [0.717, 1.165) is 0 Å². The Kier molecular flexibility index (Phi) is 6.91. The minimum atomic E-state index is -2.65. The molecule has 4 heterocycles. The first-order valence-corrected chi connectivity index (χ1v) is 12.3. The van der Waals surface area contributed by atoms with Gasteiger partial charge in [0.1, 0.15) is 23.0 Å². The van der Waals surface area contributed by atoms with E-state index >= 15 is 0 Å². The van der Waals surface area contributed by atoms with Crippen molar-refractivity contribution in [1.29, 1.82) is 0 Å². The Morgan fingerprint density at radius 2 is 1.80 bits per heavy atom. The van der Waals surface area contributed by atoms with Crippen molar-refractivity contribution in [2.24, 2.45) is 4.99 Å². The lowest BCUT2D eigenvalue weighted by atomic mass is 10.1. The van der Waals surface area contributed by atoms with E-state index in [-0.39, 0.29) is 42.4 Å². The quantitative estimate of drug-likeness (QED) is 0.247. The number of anilines is 3. The molecule has 1 aromatic carbocycles. The Balaban J connectivity index is 1.39. The molecule has 0 saturated carbocycles. The molecule has 0 radical (unpaired) electrons. The second kappa shape index (κ2) is 10.5. The highest BCUT2D eigenvalue weighted by molar-refractivity contribution is 5.86. The molecule has 0 amide bonds. The summed E-state index contributed by atoms with van der Waals surface area (Å²) in [4.78, 5) is 36.0. The van der Waals surface area contributed by atoms with Gasteiger partial charge in [0.15, 0.2) is 5.82 Å². The van der Waals surface area contributed by atoms with Crippen LogP contribution in [0.3, 0.4) is 0 Å². The molecule has 0 aliphatic carbocycles. The molecule has 204 valence electrons. The average Bonchev–Trinajstić information content (AvgIpc) is 3.15. The van der Waals surface area contributed by atoms with Crippen LogP contribution in [0.1, 0.15) is 5.56 Å². The highest BCUT2D eigenvalue weighted by Crippen LogP contribution is 2.32. The van der Waals surface area contributed by atoms with Crippen LogP contribution in [-0.4, -0.2) is 44.1 Å². The van der Waals surface area contributed by atoms with E-state index in [2.05, 4.69) is 28.5 Å². The lowest BCUT2D eigenvalue weighted by Crippen LogP contribution is -2.56. The third-order valence-corrected chi connectivity index (χ3v) is 6.23. The molecule has 40 heavy (non-hydrogen) atoms. The molecule has 1 fully saturated rings. The molecule has 1 aliphatic heterocycles. The zero-order valence-corrected chi connectivity index (χ0v) is 21.4. The Bertz CT molecular complexity index is 1730. The summed E-state index contributed by atoms with van der Waals surface area (Å²) >= 11 is 0. The van der Waals surface area contributed by atoms with Crippen molar-refractivity contribution in [3.05, 3.63) is 118 Å². The van der Waals surface area contributed by atoms with Crippen LogP contribution in [0.2, 0.25) is 0 Å². The number of rotatable bonds is 9. The maximum Gasteiger partial charge on any atom is 0.282 e. The highest BCUT2D eigenvalue weighted by Gasteiger charge is 2.43. The number of hydrogen-bond donors (Lipinski definition) is 2. The van der Waals surface area contributed by atoms with Gasteiger partial charge in [-0.1, -0.05) is 24.8 Å². The van der Waals surface area contributed by atoms with Crippen molar-refractivity contribution in [3.8, 4) is 11.6 Å². The summed E-state index contributed by atoms with van der Waals surface area (Å²) in [6.07, 6.45) is 4.46. The Labute approximate surface area is 227 Å². The number of benzene rings is 1. The number of pyridine rings is 2. The lowest BCUT2D eigenvalue weighted by molar-refractivity contribution is -0.0262. The first-order valence-electron chi connectivity index (χ1n) is 12.3. The molecule has 3 aromatic heterocycles. The van der Waals surface area contributed by atoms with E-state index < -0.39 is 11.5 Å². The van der Waals surface area contributed by atoms with Crippen LogP contribution in [0.5, 0.6) is 0 Å². The van der Waals surface area contributed by atoms with E-state index in [4.69, 9.17) is 5.73 Å². The van der Waals surface area contributed by atoms with E-state index in [9.17, 15) is 18.4 Å². The van der Waals surface area contributed by atoms with Gasteiger partial charge in [0.25, 0.3) is 17.0 Å². The Morgan fingerprint density at radius 3 is 2.48 bits per heavy atom. The first kappa shape index (κ1) is 26.4. The molecule has 0 unspecified atom stereocenters. The van der Waals surface area contributed by atoms with Crippen molar-refractivity contribution >= 4 is 23.4 Å². The Hall–Kier alpha value is -5.26. The van der Waals surface area contributed by atoms with Crippen molar-refractivity contribution in [2.45, 2.75) is 12.5 Å². The summed E-state index contributed by atoms with van der Waals surface area (Å²) in [5.74, 6) is -1.65. The Morgan fingerprint density at radius 1 is 1.07 bits per heavy atom. The van der Waals surface area contributed by atoms with Crippen LogP contribution in [0.25, 0.3) is 11.6 Å². The molecule has 1 saturated heterocycles. The monoisotopic (exact) mass is 544 g/mol. The van der Waals surface area contributed by atoms with Gasteiger partial charge in [0.2, 0.25) is 0 Å². The molecule has 0 spiro atoms. The van der Waals surface area contributed by atoms with Gasteiger partial charge in [-0.05, 0) is 42.5 Å². The normalized spacial score (nSPS) is 14.2. The maximum atomic E-state index is 13.3. The van der Waals surface area contributed by atoms with Crippen LogP contribution >= 0.6 is 0 Å². The minimum Gasteiger partial charge on any atom is -0.383 e. The summed E-state index contributed by atoms with van der Waals surface area (Å²) < 4.78 is 30.5. The number of hydrogen-bond acceptors (Lipinski definition) is 7. The summed E-state index contributed by atoms with van der Waals surface area (Å²) in [6, 6.07) is 16.7. The zero-order valence-electron chi connectivity index (χ0n) is 21.4. The van der Waals surface area contributed by atoms with Gasteiger partial charge in [0.05, 0.1) is 19.6 Å². The van der Waals surface area contributed by atoms with Crippen LogP contribution in [0.15, 0.2) is 106 Å². The fourth-order valence-electron chi connectivity index (χ4n) is 4.31. The molecule has 0 atom stereocenters. The summed E-state index contributed by atoms with van der Waals surface area (Å²) in [7, 11) is 0. The number of nitrogen functional groups attached to an aromatic ring is 1. The summed E-state index contributed by atoms with van der Waals surface area (Å²) in [5.41, 5.74) is 7.18. The predicted octanol–water partition coefficient (Wildman–Crippen LogP) is 3.41. The van der Waals surface area contributed by atoms with Gasteiger partial charge < -0.3 is 16.0 Å². The van der Waals surface area contributed by atoms with Crippen molar-refractivity contribution < 1.29 is 8.78 Å². The molecular formula is C28H26F2N8O2. The molecule has 5 rings (SSSR count). The fourth-order valence-corrected chi connectivity index (χ4v) is 4.31. The number of allylic oxidation sites excluding steroid dienone is 1. The minimum absolute atomic E-state index is 0.0872. The number of aliphatic imine (C=N–C) groups is 1.